The van der Waals surface area contributed by atoms with Crippen LogP contribution >= 0.6 is 23.2 Å². The molecule has 0 bridgehead atoms. The van der Waals surface area contributed by atoms with Crippen LogP contribution in [0.4, 0.5) is 0 Å². The Labute approximate surface area is 184 Å². The van der Waals surface area contributed by atoms with Gasteiger partial charge in [0.25, 0.3) is 11.8 Å². The van der Waals surface area contributed by atoms with Crippen molar-refractivity contribution in [3.05, 3.63) is 57.6 Å². The number of amides is 2. The molecule has 2 N–H and O–H groups in total. The van der Waals surface area contributed by atoms with Crippen molar-refractivity contribution in [1.82, 2.24) is 15.2 Å². The van der Waals surface area contributed by atoms with Gasteiger partial charge in [-0.3, -0.25) is 20.4 Å². The molecule has 1 fully saturated rings. The summed E-state index contributed by atoms with van der Waals surface area (Å²) in [6, 6.07) is 8.36. The van der Waals surface area contributed by atoms with E-state index in [1.54, 1.807) is 0 Å². The Balaban J connectivity index is 1.79. The first-order chi connectivity index (χ1) is 14.2. The number of nitrogens with zero attached hydrogens (tertiary/aromatic N) is 1. The lowest BCUT2D eigenvalue weighted by atomic mass is 10.2. The van der Waals surface area contributed by atoms with E-state index in [0.717, 1.165) is 12.8 Å². The first-order valence-electron chi connectivity index (χ1n) is 8.98. The summed E-state index contributed by atoms with van der Waals surface area (Å²) in [5.41, 5.74) is 4.59. The van der Waals surface area contributed by atoms with Crippen LogP contribution in [-0.4, -0.2) is 44.7 Å². The molecule has 0 aliphatic carbocycles. The molecule has 1 aliphatic heterocycles. The fourth-order valence-corrected chi connectivity index (χ4v) is 5.09. The lowest BCUT2D eigenvalue weighted by molar-refractivity contribution is 0.0846. The smallest absolute Gasteiger partial charge is 0.271 e. The molecule has 1 heterocycles. The fraction of sp³-hybridized carbons (Fsp3) is 0.263. The minimum atomic E-state index is -3.81. The zero-order chi connectivity index (χ0) is 21.9. The maximum Gasteiger partial charge on any atom is 0.271 e. The molecule has 2 amide bonds. The number of hydrogen-bond acceptors (Lipinski definition) is 5. The van der Waals surface area contributed by atoms with Gasteiger partial charge in [-0.1, -0.05) is 23.2 Å². The summed E-state index contributed by atoms with van der Waals surface area (Å²) >= 11 is 11.8. The largest absolute Gasteiger partial charge is 0.495 e. The maximum absolute atomic E-state index is 12.9. The highest BCUT2D eigenvalue weighted by molar-refractivity contribution is 7.89. The van der Waals surface area contributed by atoms with Crippen molar-refractivity contribution in [2.75, 3.05) is 20.2 Å². The summed E-state index contributed by atoms with van der Waals surface area (Å²) in [5.74, 6) is -1.25. The monoisotopic (exact) mass is 471 g/mol. The fourth-order valence-electron chi connectivity index (χ4n) is 3.01. The molecule has 11 heteroatoms. The molecule has 3 rings (SSSR count). The number of carbonyl (C=O) groups excluding carboxylic acids is 2. The summed E-state index contributed by atoms with van der Waals surface area (Å²) in [6.07, 6.45) is 1.56. The quantitative estimate of drug-likeness (QED) is 0.652. The van der Waals surface area contributed by atoms with E-state index in [2.05, 4.69) is 10.9 Å². The first kappa shape index (κ1) is 22.4. The highest BCUT2D eigenvalue weighted by atomic mass is 35.5. The van der Waals surface area contributed by atoms with Gasteiger partial charge < -0.3 is 4.74 Å². The number of carbonyl (C=O) groups is 2. The molecule has 0 radical (unpaired) electrons. The Kier molecular flexibility index (Phi) is 6.87. The van der Waals surface area contributed by atoms with Gasteiger partial charge in [-0.15, -0.1) is 0 Å². The first-order valence-corrected chi connectivity index (χ1v) is 11.2. The Morgan fingerprint density at radius 3 is 2.33 bits per heavy atom. The van der Waals surface area contributed by atoms with E-state index in [9.17, 15) is 18.0 Å². The molecule has 2 aromatic rings. The average molecular weight is 472 g/mol. The lowest BCUT2D eigenvalue weighted by Gasteiger charge is -2.18. The summed E-state index contributed by atoms with van der Waals surface area (Å²) < 4.78 is 32.4. The summed E-state index contributed by atoms with van der Waals surface area (Å²) in [4.78, 5) is 24.7. The normalized spacial score (nSPS) is 14.4. The number of halogens is 2. The van der Waals surface area contributed by atoms with Gasteiger partial charge in [0, 0.05) is 23.7 Å². The van der Waals surface area contributed by atoms with Crippen molar-refractivity contribution < 1.29 is 22.7 Å². The second-order valence-electron chi connectivity index (χ2n) is 6.51. The number of hydrogen-bond donors (Lipinski definition) is 2. The SMILES string of the molecule is COc1ccc(C(=O)NNC(=O)c2cc(Cl)ccc2Cl)cc1S(=O)(=O)N1CCCC1. The van der Waals surface area contributed by atoms with E-state index in [-0.39, 0.29) is 26.8 Å². The summed E-state index contributed by atoms with van der Waals surface area (Å²) in [5, 5.41) is 0.470. The van der Waals surface area contributed by atoms with E-state index in [1.165, 1.54) is 47.8 Å². The van der Waals surface area contributed by atoms with E-state index < -0.39 is 21.8 Å². The molecule has 160 valence electrons. The van der Waals surface area contributed by atoms with Crippen LogP contribution < -0.4 is 15.6 Å². The van der Waals surface area contributed by atoms with Crippen LogP contribution in [0.1, 0.15) is 33.6 Å². The van der Waals surface area contributed by atoms with Gasteiger partial charge in [0.05, 0.1) is 17.7 Å². The van der Waals surface area contributed by atoms with Gasteiger partial charge in [0.2, 0.25) is 10.0 Å². The van der Waals surface area contributed by atoms with Crippen molar-refractivity contribution in [1.29, 1.82) is 0 Å². The van der Waals surface area contributed by atoms with E-state index >= 15 is 0 Å². The molecule has 0 atom stereocenters. The molecule has 30 heavy (non-hydrogen) atoms. The third-order valence-electron chi connectivity index (χ3n) is 4.57. The van der Waals surface area contributed by atoms with Crippen molar-refractivity contribution in [3.63, 3.8) is 0 Å². The second-order valence-corrected chi connectivity index (χ2v) is 9.26. The Bertz CT molecular complexity index is 1090. The Hall–Kier alpha value is -2.33. The molecular formula is C19H19Cl2N3O5S. The molecule has 0 saturated carbocycles. The van der Waals surface area contributed by atoms with Crippen LogP contribution in [-0.2, 0) is 10.0 Å². The third kappa shape index (κ3) is 4.70. The summed E-state index contributed by atoms with van der Waals surface area (Å²) in [6.45, 7) is 0.830. The van der Waals surface area contributed by atoms with Gasteiger partial charge in [-0.2, -0.15) is 4.31 Å². The van der Waals surface area contributed by atoms with E-state index in [1.807, 2.05) is 0 Å². The van der Waals surface area contributed by atoms with Crippen molar-refractivity contribution in [3.8, 4) is 5.75 Å². The molecule has 2 aromatic carbocycles. The number of hydrazine groups is 1. The predicted octanol–water partition coefficient (Wildman–Crippen LogP) is 2.86. The predicted molar refractivity (Wildman–Crippen MR) is 112 cm³/mol. The van der Waals surface area contributed by atoms with Crippen molar-refractivity contribution in [2.24, 2.45) is 0 Å². The van der Waals surface area contributed by atoms with Crippen molar-refractivity contribution >= 4 is 45.0 Å². The molecular weight excluding hydrogens is 453 g/mol. The number of ether oxygens (including phenoxy) is 1. The number of nitrogens with one attached hydrogen (secondary N) is 2. The molecule has 8 nitrogen and oxygen atoms in total. The maximum atomic E-state index is 12.9. The topological polar surface area (TPSA) is 105 Å². The van der Waals surface area contributed by atoms with E-state index in [4.69, 9.17) is 27.9 Å². The summed E-state index contributed by atoms with van der Waals surface area (Å²) in [7, 11) is -2.46. The zero-order valence-electron chi connectivity index (χ0n) is 15.9. The van der Waals surface area contributed by atoms with Gasteiger partial charge in [-0.05, 0) is 49.2 Å². The van der Waals surface area contributed by atoms with Crippen LogP contribution in [0.2, 0.25) is 10.0 Å². The minimum absolute atomic E-state index is 0.0334. The van der Waals surface area contributed by atoms with Crippen LogP contribution in [0, 0.1) is 0 Å². The van der Waals surface area contributed by atoms with Gasteiger partial charge in [0.15, 0.2) is 0 Å². The van der Waals surface area contributed by atoms with Crippen LogP contribution in [0.5, 0.6) is 5.75 Å². The molecule has 0 aromatic heterocycles. The molecule has 1 aliphatic rings. The van der Waals surface area contributed by atoms with Crippen molar-refractivity contribution in [2.45, 2.75) is 17.7 Å². The molecule has 1 saturated heterocycles. The number of methoxy groups -OCH3 is 1. The average Bonchev–Trinajstić information content (AvgIpc) is 3.29. The number of sulfonamides is 1. The third-order valence-corrected chi connectivity index (χ3v) is 7.06. The number of rotatable bonds is 5. The van der Waals surface area contributed by atoms with Gasteiger partial charge in [-0.25, -0.2) is 8.42 Å². The van der Waals surface area contributed by atoms with Gasteiger partial charge in [0.1, 0.15) is 10.6 Å². The lowest BCUT2D eigenvalue weighted by Crippen LogP contribution is -2.41. The minimum Gasteiger partial charge on any atom is -0.495 e. The Morgan fingerprint density at radius 2 is 1.67 bits per heavy atom. The molecule has 0 spiro atoms. The molecule has 0 unspecified atom stereocenters. The second kappa shape index (κ2) is 9.22. The van der Waals surface area contributed by atoms with Crippen LogP contribution in [0.25, 0.3) is 0 Å². The van der Waals surface area contributed by atoms with E-state index in [0.29, 0.717) is 18.1 Å². The highest BCUT2D eigenvalue weighted by Gasteiger charge is 2.30. The van der Waals surface area contributed by atoms with Gasteiger partial charge >= 0.3 is 0 Å². The number of benzene rings is 2. The zero-order valence-corrected chi connectivity index (χ0v) is 18.3. The standard InChI is InChI=1S/C19H19Cl2N3O5S/c1-29-16-7-4-12(10-17(16)30(27,28)24-8-2-3-9-24)18(25)22-23-19(26)14-11-13(20)5-6-15(14)21/h4-7,10-11H,2-3,8-9H2,1H3,(H,22,25)(H,23,26). The Morgan fingerprint density at radius 1 is 1.00 bits per heavy atom. The van der Waals surface area contributed by atoms with Crippen LogP contribution in [0.15, 0.2) is 41.3 Å². The van der Waals surface area contributed by atoms with Crippen LogP contribution in [0.3, 0.4) is 0 Å². The highest BCUT2D eigenvalue weighted by Crippen LogP contribution is 2.29.